The lowest BCUT2D eigenvalue weighted by atomic mass is 10.1. The molecule has 5 heteroatoms. The van der Waals surface area contributed by atoms with E-state index >= 15 is 0 Å². The normalized spacial score (nSPS) is 18.3. The number of carbonyl (C=O) groups excluding carboxylic acids is 1. The minimum atomic E-state index is 0.0557. The van der Waals surface area contributed by atoms with Crippen molar-refractivity contribution in [2.45, 2.75) is 13.0 Å². The molecule has 2 aromatic rings. The lowest BCUT2D eigenvalue weighted by Gasteiger charge is -2.31. The standard InChI is InChI=1S/C21H22ClN3O/c22-18-8-10-19(11-9-18)24-13-14-25(21(24)26)20-7-4-12-23(16-20)15-17-5-2-1-3-6-17/h1-3,5-11H,4,12-16H2. The van der Waals surface area contributed by atoms with Crippen LogP contribution in [0.15, 0.2) is 66.4 Å². The maximum Gasteiger partial charge on any atom is 0.328 e. The van der Waals surface area contributed by atoms with Crippen molar-refractivity contribution in [1.82, 2.24) is 9.80 Å². The summed E-state index contributed by atoms with van der Waals surface area (Å²) in [4.78, 5) is 19.1. The van der Waals surface area contributed by atoms with Crippen LogP contribution in [0.4, 0.5) is 10.5 Å². The van der Waals surface area contributed by atoms with Gasteiger partial charge in [0.1, 0.15) is 0 Å². The lowest BCUT2D eigenvalue weighted by Crippen LogP contribution is -2.38. The van der Waals surface area contributed by atoms with E-state index in [-0.39, 0.29) is 6.03 Å². The van der Waals surface area contributed by atoms with Crippen LogP contribution in [0.2, 0.25) is 5.02 Å². The molecule has 2 heterocycles. The number of hydrogen-bond acceptors (Lipinski definition) is 2. The summed E-state index contributed by atoms with van der Waals surface area (Å²) in [5.41, 5.74) is 3.33. The van der Waals surface area contributed by atoms with Crippen molar-refractivity contribution >= 4 is 23.3 Å². The van der Waals surface area contributed by atoms with E-state index in [0.717, 1.165) is 44.0 Å². The molecule has 0 bridgehead atoms. The highest BCUT2D eigenvalue weighted by atomic mass is 35.5. The second-order valence-electron chi connectivity index (χ2n) is 6.74. The van der Waals surface area contributed by atoms with E-state index in [0.29, 0.717) is 11.6 Å². The molecule has 4 rings (SSSR count). The Bertz CT molecular complexity index is 804. The van der Waals surface area contributed by atoms with Gasteiger partial charge in [-0.3, -0.25) is 14.7 Å². The highest BCUT2D eigenvalue weighted by Gasteiger charge is 2.33. The number of benzene rings is 2. The number of rotatable bonds is 4. The van der Waals surface area contributed by atoms with Gasteiger partial charge >= 0.3 is 6.03 Å². The van der Waals surface area contributed by atoms with E-state index in [9.17, 15) is 4.79 Å². The maximum absolute atomic E-state index is 12.9. The quantitative estimate of drug-likeness (QED) is 0.802. The van der Waals surface area contributed by atoms with Crippen LogP contribution in [0.25, 0.3) is 0 Å². The fraction of sp³-hybridized carbons (Fsp3) is 0.286. The number of urea groups is 1. The number of hydrogen-bond donors (Lipinski definition) is 0. The second kappa shape index (κ2) is 7.52. The summed E-state index contributed by atoms with van der Waals surface area (Å²) in [6.45, 7) is 4.19. The van der Waals surface area contributed by atoms with Gasteiger partial charge in [0, 0.05) is 49.1 Å². The summed E-state index contributed by atoms with van der Waals surface area (Å²) in [6.07, 6.45) is 3.19. The third-order valence-corrected chi connectivity index (χ3v) is 5.21. The van der Waals surface area contributed by atoms with Crippen molar-refractivity contribution in [3.63, 3.8) is 0 Å². The van der Waals surface area contributed by atoms with Gasteiger partial charge in [0.25, 0.3) is 0 Å². The first-order valence-corrected chi connectivity index (χ1v) is 9.38. The fourth-order valence-electron chi connectivity index (χ4n) is 3.62. The van der Waals surface area contributed by atoms with E-state index in [1.807, 2.05) is 40.1 Å². The molecule has 1 fully saturated rings. The second-order valence-corrected chi connectivity index (χ2v) is 7.18. The monoisotopic (exact) mass is 367 g/mol. The molecule has 0 aliphatic carbocycles. The van der Waals surface area contributed by atoms with Gasteiger partial charge in [0.15, 0.2) is 0 Å². The van der Waals surface area contributed by atoms with Crippen LogP contribution >= 0.6 is 11.6 Å². The molecule has 0 aromatic heterocycles. The number of halogens is 1. The summed E-state index contributed by atoms with van der Waals surface area (Å²) >= 11 is 5.96. The minimum absolute atomic E-state index is 0.0557. The molecule has 2 amide bonds. The van der Waals surface area contributed by atoms with E-state index < -0.39 is 0 Å². The summed E-state index contributed by atoms with van der Waals surface area (Å²) in [6, 6.07) is 18.0. The summed E-state index contributed by atoms with van der Waals surface area (Å²) < 4.78 is 0. The average molecular weight is 368 g/mol. The van der Waals surface area contributed by atoms with E-state index in [4.69, 9.17) is 11.6 Å². The summed E-state index contributed by atoms with van der Waals surface area (Å²) in [5, 5.41) is 0.684. The number of nitrogens with zero attached hydrogens (tertiary/aromatic N) is 3. The first kappa shape index (κ1) is 17.1. The zero-order valence-electron chi connectivity index (χ0n) is 14.6. The predicted octanol–water partition coefficient (Wildman–Crippen LogP) is 4.37. The van der Waals surface area contributed by atoms with Crippen LogP contribution in [-0.4, -0.2) is 42.0 Å². The molecular formula is C21H22ClN3O. The Morgan fingerprint density at radius 1 is 0.885 bits per heavy atom. The molecule has 0 saturated carbocycles. The molecule has 0 spiro atoms. The van der Waals surface area contributed by atoms with Crippen LogP contribution in [0.3, 0.4) is 0 Å². The van der Waals surface area contributed by atoms with Crippen molar-refractivity contribution in [2.75, 3.05) is 31.1 Å². The van der Waals surface area contributed by atoms with Gasteiger partial charge in [0.05, 0.1) is 0 Å². The van der Waals surface area contributed by atoms with E-state index in [1.54, 1.807) is 0 Å². The molecule has 0 N–H and O–H groups in total. The highest BCUT2D eigenvalue weighted by Crippen LogP contribution is 2.26. The van der Waals surface area contributed by atoms with Crippen molar-refractivity contribution < 1.29 is 4.79 Å². The Hall–Kier alpha value is -2.30. The Labute approximate surface area is 159 Å². The average Bonchev–Trinajstić information content (AvgIpc) is 3.05. The van der Waals surface area contributed by atoms with Gasteiger partial charge in [-0.2, -0.15) is 0 Å². The minimum Gasteiger partial charge on any atom is -0.295 e. The van der Waals surface area contributed by atoms with Crippen LogP contribution < -0.4 is 4.90 Å². The summed E-state index contributed by atoms with van der Waals surface area (Å²) in [7, 11) is 0. The molecule has 26 heavy (non-hydrogen) atoms. The Morgan fingerprint density at radius 3 is 2.38 bits per heavy atom. The number of amides is 2. The molecule has 2 aliphatic heterocycles. The Kier molecular flexibility index (Phi) is 4.96. The third-order valence-electron chi connectivity index (χ3n) is 4.95. The predicted molar refractivity (Wildman–Crippen MR) is 105 cm³/mol. The van der Waals surface area contributed by atoms with Crippen LogP contribution in [0.5, 0.6) is 0 Å². The SMILES string of the molecule is O=C1N(C2=CCCN(Cc3ccccc3)C2)CCN1c1ccc(Cl)cc1. The largest absolute Gasteiger partial charge is 0.328 e. The van der Waals surface area contributed by atoms with E-state index in [2.05, 4.69) is 35.2 Å². The zero-order valence-corrected chi connectivity index (χ0v) is 15.4. The van der Waals surface area contributed by atoms with Crippen molar-refractivity contribution in [2.24, 2.45) is 0 Å². The molecule has 134 valence electrons. The molecule has 2 aliphatic rings. The molecule has 0 atom stereocenters. The molecule has 4 nitrogen and oxygen atoms in total. The van der Waals surface area contributed by atoms with Crippen LogP contribution in [0.1, 0.15) is 12.0 Å². The van der Waals surface area contributed by atoms with E-state index in [1.165, 1.54) is 5.56 Å². The van der Waals surface area contributed by atoms with Crippen molar-refractivity contribution in [1.29, 1.82) is 0 Å². The molecule has 0 radical (unpaired) electrons. The Morgan fingerprint density at radius 2 is 1.62 bits per heavy atom. The number of anilines is 1. The van der Waals surface area contributed by atoms with Crippen LogP contribution in [-0.2, 0) is 6.54 Å². The van der Waals surface area contributed by atoms with Gasteiger partial charge in [-0.05, 0) is 36.2 Å². The summed E-state index contributed by atoms with van der Waals surface area (Å²) in [5.74, 6) is 0. The number of carbonyl (C=O) groups is 1. The molecule has 1 saturated heterocycles. The fourth-order valence-corrected chi connectivity index (χ4v) is 3.75. The van der Waals surface area contributed by atoms with Gasteiger partial charge < -0.3 is 0 Å². The zero-order chi connectivity index (χ0) is 17.9. The first-order valence-electron chi connectivity index (χ1n) is 9.00. The maximum atomic E-state index is 12.9. The van der Waals surface area contributed by atoms with Crippen molar-refractivity contribution in [3.8, 4) is 0 Å². The molecule has 2 aromatic carbocycles. The Balaban J connectivity index is 1.43. The van der Waals surface area contributed by atoms with Gasteiger partial charge in [-0.25, -0.2) is 4.79 Å². The molecule has 0 unspecified atom stereocenters. The van der Waals surface area contributed by atoms with Gasteiger partial charge in [-0.15, -0.1) is 0 Å². The van der Waals surface area contributed by atoms with Gasteiger partial charge in [0.2, 0.25) is 0 Å². The van der Waals surface area contributed by atoms with Crippen LogP contribution in [0, 0.1) is 0 Å². The first-order chi connectivity index (χ1) is 12.7. The smallest absolute Gasteiger partial charge is 0.295 e. The topological polar surface area (TPSA) is 26.8 Å². The van der Waals surface area contributed by atoms with Gasteiger partial charge in [-0.1, -0.05) is 48.0 Å². The molecular weight excluding hydrogens is 346 g/mol. The highest BCUT2D eigenvalue weighted by molar-refractivity contribution is 6.30. The van der Waals surface area contributed by atoms with Crippen molar-refractivity contribution in [3.05, 3.63) is 77.0 Å². The third kappa shape index (κ3) is 3.62. The lowest BCUT2D eigenvalue weighted by molar-refractivity contribution is 0.215.